The Hall–Kier alpha value is -3.58. The summed E-state index contributed by atoms with van der Waals surface area (Å²) in [5, 5.41) is 3.50. The van der Waals surface area contributed by atoms with Crippen LogP contribution >= 0.6 is 0 Å². The second-order valence-corrected chi connectivity index (χ2v) is 9.83. The van der Waals surface area contributed by atoms with E-state index in [2.05, 4.69) is 5.32 Å². The van der Waals surface area contributed by atoms with Crippen LogP contribution in [0.1, 0.15) is 5.56 Å². The average Bonchev–Trinajstić information content (AvgIpc) is 3.14. The minimum Gasteiger partial charge on any atom is -0.378 e. The van der Waals surface area contributed by atoms with Crippen molar-refractivity contribution in [2.75, 3.05) is 24.3 Å². The zero-order valence-electron chi connectivity index (χ0n) is 18.0. The Morgan fingerprint density at radius 2 is 1.56 bits per heavy atom. The number of nitrogens with one attached hydrogen (secondary N) is 1. The minimum absolute atomic E-state index is 0.0107. The molecule has 0 saturated carbocycles. The largest absolute Gasteiger partial charge is 0.378 e. The highest BCUT2D eigenvalue weighted by molar-refractivity contribution is 7.90. The number of carbonyl (C=O) groups excluding carboxylic acids is 1. The molecule has 0 saturated heterocycles. The number of anilines is 2. The number of sulfone groups is 1. The topological polar surface area (TPSA) is 71.4 Å². The van der Waals surface area contributed by atoms with Crippen LogP contribution in [0.3, 0.4) is 0 Å². The van der Waals surface area contributed by atoms with Crippen molar-refractivity contribution in [1.82, 2.24) is 4.57 Å². The predicted octanol–water partition coefficient (Wildman–Crippen LogP) is 4.32. The number of nitrogens with zero attached hydrogens (tertiary/aromatic N) is 2. The number of fused-ring (bicyclic) bond motifs is 1. The van der Waals surface area contributed by atoms with Crippen molar-refractivity contribution in [2.24, 2.45) is 0 Å². The molecule has 3 aromatic carbocycles. The molecular weight excluding hydrogens is 422 g/mol. The molecule has 0 aliphatic heterocycles. The molecule has 1 N–H and O–H groups in total. The van der Waals surface area contributed by atoms with Crippen LogP contribution in [-0.4, -0.2) is 33.0 Å². The Balaban J connectivity index is 1.59. The van der Waals surface area contributed by atoms with Gasteiger partial charge in [0.2, 0.25) is 5.91 Å². The van der Waals surface area contributed by atoms with Gasteiger partial charge in [-0.05, 0) is 35.9 Å². The summed E-state index contributed by atoms with van der Waals surface area (Å²) in [5.74, 6) is -0.318. The maximum Gasteiger partial charge on any atom is 0.244 e. The Kier molecular flexibility index (Phi) is 6.01. The van der Waals surface area contributed by atoms with Crippen molar-refractivity contribution in [3.05, 3.63) is 90.6 Å². The summed E-state index contributed by atoms with van der Waals surface area (Å²) in [5.41, 5.74) is 3.15. The van der Waals surface area contributed by atoms with E-state index in [0.717, 1.165) is 11.3 Å². The molecule has 0 spiro atoms. The first kappa shape index (κ1) is 21.6. The van der Waals surface area contributed by atoms with Gasteiger partial charge in [-0.15, -0.1) is 0 Å². The van der Waals surface area contributed by atoms with E-state index in [4.69, 9.17) is 0 Å². The first-order valence-corrected chi connectivity index (χ1v) is 11.9. The number of carbonyl (C=O) groups is 1. The van der Waals surface area contributed by atoms with Crippen LogP contribution in [0, 0.1) is 0 Å². The molecule has 0 unspecified atom stereocenters. The number of aromatic nitrogens is 1. The molecular formula is C25H25N3O3S. The van der Waals surface area contributed by atoms with E-state index in [9.17, 15) is 13.2 Å². The van der Waals surface area contributed by atoms with Crippen molar-refractivity contribution < 1.29 is 13.2 Å². The third-order valence-electron chi connectivity index (χ3n) is 5.27. The van der Waals surface area contributed by atoms with Gasteiger partial charge in [-0.25, -0.2) is 8.42 Å². The fraction of sp³-hybridized carbons (Fsp3) is 0.160. The first-order valence-electron chi connectivity index (χ1n) is 10.3. The summed E-state index contributed by atoms with van der Waals surface area (Å²) in [6.45, 7) is 0.0107. The Morgan fingerprint density at radius 3 is 2.25 bits per heavy atom. The molecule has 0 radical (unpaired) electrons. The van der Waals surface area contributed by atoms with Crippen molar-refractivity contribution in [2.45, 2.75) is 17.2 Å². The Labute approximate surface area is 188 Å². The number of hydrogen-bond acceptors (Lipinski definition) is 4. The van der Waals surface area contributed by atoms with E-state index >= 15 is 0 Å². The van der Waals surface area contributed by atoms with Crippen molar-refractivity contribution in [3.8, 4) is 0 Å². The first-order chi connectivity index (χ1) is 15.3. The van der Waals surface area contributed by atoms with Gasteiger partial charge in [-0.2, -0.15) is 0 Å². The second-order valence-electron chi connectivity index (χ2n) is 7.87. The zero-order chi connectivity index (χ0) is 22.7. The number of amides is 1. The molecule has 1 aromatic heterocycles. The van der Waals surface area contributed by atoms with Crippen LogP contribution in [-0.2, 0) is 26.9 Å². The maximum absolute atomic E-state index is 13.2. The zero-order valence-corrected chi connectivity index (χ0v) is 18.8. The van der Waals surface area contributed by atoms with Gasteiger partial charge in [0, 0.05) is 42.6 Å². The predicted molar refractivity (Wildman–Crippen MR) is 129 cm³/mol. The highest BCUT2D eigenvalue weighted by Gasteiger charge is 2.22. The van der Waals surface area contributed by atoms with Gasteiger partial charge in [0.1, 0.15) is 6.54 Å². The average molecular weight is 448 g/mol. The third-order valence-corrected chi connectivity index (χ3v) is 6.98. The van der Waals surface area contributed by atoms with E-state index in [-0.39, 0.29) is 23.1 Å². The van der Waals surface area contributed by atoms with Gasteiger partial charge >= 0.3 is 0 Å². The second kappa shape index (κ2) is 8.88. The number of benzene rings is 3. The lowest BCUT2D eigenvalue weighted by molar-refractivity contribution is -0.116. The maximum atomic E-state index is 13.2. The molecule has 1 amide bonds. The van der Waals surface area contributed by atoms with E-state index < -0.39 is 9.84 Å². The van der Waals surface area contributed by atoms with Gasteiger partial charge in [0.25, 0.3) is 0 Å². The van der Waals surface area contributed by atoms with Crippen LogP contribution in [0.25, 0.3) is 10.9 Å². The Bertz CT molecular complexity index is 1340. The lowest BCUT2D eigenvalue weighted by atomic mass is 10.2. The lowest BCUT2D eigenvalue weighted by Crippen LogP contribution is -2.18. The van der Waals surface area contributed by atoms with E-state index in [1.807, 2.05) is 73.6 Å². The monoisotopic (exact) mass is 447 g/mol. The molecule has 6 nitrogen and oxygen atoms in total. The molecule has 0 fully saturated rings. The fourth-order valence-corrected chi connectivity index (χ4v) is 5.24. The van der Waals surface area contributed by atoms with Crippen LogP contribution in [0.15, 0.2) is 90.0 Å². The van der Waals surface area contributed by atoms with Gasteiger partial charge in [-0.1, -0.05) is 48.5 Å². The molecule has 7 heteroatoms. The summed E-state index contributed by atoms with van der Waals surface area (Å²) in [7, 11) is 0.321. The van der Waals surface area contributed by atoms with E-state index in [0.29, 0.717) is 16.6 Å². The summed E-state index contributed by atoms with van der Waals surface area (Å²) >= 11 is 0. The van der Waals surface area contributed by atoms with Crippen molar-refractivity contribution in [1.29, 1.82) is 0 Å². The molecule has 4 rings (SSSR count). The van der Waals surface area contributed by atoms with Gasteiger partial charge in [0.05, 0.1) is 10.6 Å². The highest BCUT2D eigenvalue weighted by Crippen LogP contribution is 2.28. The molecule has 0 bridgehead atoms. The Morgan fingerprint density at radius 1 is 0.906 bits per heavy atom. The standard InChI is InChI=1S/C25H25N3O3S/c1-27(2)21-14-12-20(13-15-21)26-25(29)17-28-16-24(22-10-6-7-11-23(22)28)32(30,31)18-19-8-4-3-5-9-19/h3-16H,17-18H2,1-2H3,(H,26,29). The molecule has 1 heterocycles. The van der Waals surface area contributed by atoms with Crippen LogP contribution in [0.2, 0.25) is 0 Å². The lowest BCUT2D eigenvalue weighted by Gasteiger charge is -2.13. The number of hydrogen-bond donors (Lipinski definition) is 1. The molecule has 32 heavy (non-hydrogen) atoms. The summed E-state index contributed by atoms with van der Waals surface area (Å²) < 4.78 is 28.0. The van der Waals surface area contributed by atoms with Gasteiger partial charge in [0.15, 0.2) is 9.84 Å². The highest BCUT2D eigenvalue weighted by atomic mass is 32.2. The minimum atomic E-state index is -3.58. The van der Waals surface area contributed by atoms with Crippen LogP contribution < -0.4 is 10.2 Å². The molecule has 4 aromatic rings. The SMILES string of the molecule is CN(C)c1ccc(NC(=O)Cn2cc(S(=O)(=O)Cc3ccccc3)c3ccccc32)cc1. The molecule has 0 atom stereocenters. The third kappa shape index (κ3) is 4.68. The van der Waals surface area contributed by atoms with E-state index in [1.165, 1.54) is 0 Å². The molecule has 0 aliphatic carbocycles. The fourth-order valence-electron chi connectivity index (χ4n) is 3.66. The molecule has 164 valence electrons. The van der Waals surface area contributed by atoms with Crippen molar-refractivity contribution >= 4 is 38.0 Å². The summed E-state index contributed by atoms with van der Waals surface area (Å²) in [6, 6.07) is 23.9. The van der Waals surface area contributed by atoms with E-state index in [1.54, 1.807) is 35.0 Å². The van der Waals surface area contributed by atoms with Gasteiger partial charge < -0.3 is 14.8 Å². The number of rotatable bonds is 7. The summed E-state index contributed by atoms with van der Waals surface area (Å²) in [4.78, 5) is 14.9. The normalized spacial score (nSPS) is 11.4. The van der Waals surface area contributed by atoms with Crippen LogP contribution in [0.4, 0.5) is 11.4 Å². The molecule has 0 aliphatic rings. The van der Waals surface area contributed by atoms with Crippen molar-refractivity contribution in [3.63, 3.8) is 0 Å². The smallest absolute Gasteiger partial charge is 0.244 e. The number of para-hydroxylation sites is 1. The van der Waals surface area contributed by atoms with Crippen LogP contribution in [0.5, 0.6) is 0 Å². The van der Waals surface area contributed by atoms with Gasteiger partial charge in [-0.3, -0.25) is 4.79 Å². The quantitative estimate of drug-likeness (QED) is 0.458. The summed E-state index contributed by atoms with van der Waals surface area (Å²) in [6.07, 6.45) is 1.57.